The van der Waals surface area contributed by atoms with Gasteiger partial charge in [0, 0.05) is 21.1 Å². The molecule has 1 aromatic heterocycles. The summed E-state index contributed by atoms with van der Waals surface area (Å²) in [5.74, 6) is 1.03. The number of halogens is 1. The van der Waals surface area contributed by atoms with E-state index in [1.165, 1.54) is 12.0 Å². The van der Waals surface area contributed by atoms with E-state index in [1.807, 2.05) is 0 Å². The molecule has 0 saturated carbocycles. The SMILES string of the molecule is COc1cc(Br)cc(C=Nc2sc3c(c2C#N)CC[C@@H](C(C)(C)C)C3)c1O. The van der Waals surface area contributed by atoms with Crippen LogP contribution in [0.15, 0.2) is 21.6 Å². The fourth-order valence-electron chi connectivity index (χ4n) is 3.49. The molecule has 0 aliphatic heterocycles. The Morgan fingerprint density at radius 1 is 1.41 bits per heavy atom. The molecule has 3 rings (SSSR count). The lowest BCUT2D eigenvalue weighted by Crippen LogP contribution is -2.26. The largest absolute Gasteiger partial charge is 0.504 e. The maximum atomic E-state index is 10.3. The molecular formula is C21H23BrN2O2S. The van der Waals surface area contributed by atoms with Crippen LogP contribution in [0.1, 0.15) is 48.8 Å². The first-order valence-corrected chi connectivity index (χ1v) is 10.5. The summed E-state index contributed by atoms with van der Waals surface area (Å²) >= 11 is 5.01. The Balaban J connectivity index is 1.96. The van der Waals surface area contributed by atoms with Crippen LogP contribution in [0.3, 0.4) is 0 Å². The Labute approximate surface area is 172 Å². The number of thiophene rings is 1. The number of fused-ring (bicyclic) bond motifs is 1. The van der Waals surface area contributed by atoms with E-state index in [1.54, 1.807) is 29.7 Å². The van der Waals surface area contributed by atoms with Crippen molar-refractivity contribution in [3.63, 3.8) is 0 Å². The third-order valence-corrected chi connectivity index (χ3v) is 6.81. The Bertz CT molecular complexity index is 935. The average Bonchev–Trinajstić information content (AvgIpc) is 2.97. The van der Waals surface area contributed by atoms with E-state index in [9.17, 15) is 10.4 Å². The first kappa shape index (κ1) is 19.9. The second kappa shape index (κ2) is 7.65. The van der Waals surface area contributed by atoms with E-state index in [0.717, 1.165) is 34.3 Å². The highest BCUT2D eigenvalue weighted by atomic mass is 79.9. The maximum absolute atomic E-state index is 10.3. The fourth-order valence-corrected chi connectivity index (χ4v) is 5.17. The monoisotopic (exact) mass is 446 g/mol. The average molecular weight is 447 g/mol. The lowest BCUT2D eigenvalue weighted by Gasteiger charge is -2.33. The molecule has 1 atom stereocenters. The molecule has 0 unspecified atom stereocenters. The van der Waals surface area contributed by atoms with Crippen molar-refractivity contribution in [2.75, 3.05) is 7.11 Å². The van der Waals surface area contributed by atoms with Crippen molar-refractivity contribution in [3.8, 4) is 17.6 Å². The highest BCUT2D eigenvalue weighted by Gasteiger charge is 2.32. The molecule has 142 valence electrons. The highest BCUT2D eigenvalue weighted by molar-refractivity contribution is 9.10. The first-order valence-electron chi connectivity index (χ1n) is 8.89. The van der Waals surface area contributed by atoms with Gasteiger partial charge < -0.3 is 9.84 Å². The zero-order chi connectivity index (χ0) is 19.8. The van der Waals surface area contributed by atoms with Crippen molar-refractivity contribution in [2.24, 2.45) is 16.3 Å². The van der Waals surface area contributed by atoms with Crippen LogP contribution < -0.4 is 4.74 Å². The van der Waals surface area contributed by atoms with Crippen LogP contribution >= 0.6 is 27.3 Å². The van der Waals surface area contributed by atoms with Gasteiger partial charge in [0.25, 0.3) is 0 Å². The standard InChI is InChI=1S/C21H23BrN2O2S/c1-21(2,3)13-5-6-15-16(10-23)20(27-18(15)8-13)24-11-12-7-14(22)9-17(26-4)19(12)25/h7,9,11,13,25H,5-6,8H2,1-4H3/t13-/m1/s1. The Hall–Kier alpha value is -1.84. The van der Waals surface area contributed by atoms with Gasteiger partial charge in [-0.3, -0.25) is 0 Å². The summed E-state index contributed by atoms with van der Waals surface area (Å²) in [5.41, 5.74) is 2.65. The number of nitriles is 1. The number of nitrogens with zero attached hydrogens (tertiary/aromatic N) is 2. The fraction of sp³-hybridized carbons (Fsp3) is 0.429. The minimum atomic E-state index is 0.0390. The van der Waals surface area contributed by atoms with Crippen LogP contribution in [-0.4, -0.2) is 18.4 Å². The molecule has 0 saturated heterocycles. The first-order chi connectivity index (χ1) is 12.7. The van der Waals surface area contributed by atoms with Crippen molar-refractivity contribution >= 4 is 38.5 Å². The van der Waals surface area contributed by atoms with Gasteiger partial charge in [-0.25, -0.2) is 4.99 Å². The summed E-state index contributed by atoms with van der Waals surface area (Å²) in [5, 5.41) is 20.7. The summed E-state index contributed by atoms with van der Waals surface area (Å²) in [6.45, 7) is 6.85. The summed E-state index contributed by atoms with van der Waals surface area (Å²) < 4.78 is 5.97. The quantitative estimate of drug-likeness (QED) is 0.587. The van der Waals surface area contributed by atoms with E-state index in [0.29, 0.717) is 22.8 Å². The number of ether oxygens (including phenoxy) is 1. The third kappa shape index (κ3) is 4.04. The molecule has 4 nitrogen and oxygen atoms in total. The number of hydrogen-bond acceptors (Lipinski definition) is 5. The van der Waals surface area contributed by atoms with Crippen LogP contribution in [0.2, 0.25) is 0 Å². The molecule has 1 aliphatic rings. The van der Waals surface area contributed by atoms with E-state index in [-0.39, 0.29) is 11.2 Å². The molecule has 2 aromatic rings. The Kier molecular flexibility index (Phi) is 5.64. The number of phenolic OH excluding ortho intramolecular Hbond substituents is 1. The molecule has 0 bridgehead atoms. The van der Waals surface area contributed by atoms with E-state index in [2.05, 4.69) is 47.8 Å². The smallest absolute Gasteiger partial charge is 0.166 e. The molecule has 1 aliphatic carbocycles. The number of methoxy groups -OCH3 is 1. The van der Waals surface area contributed by atoms with Crippen LogP contribution in [0.5, 0.6) is 11.5 Å². The zero-order valence-corrected chi connectivity index (χ0v) is 18.4. The van der Waals surface area contributed by atoms with Crippen molar-refractivity contribution in [3.05, 3.63) is 38.2 Å². The van der Waals surface area contributed by atoms with Gasteiger partial charge in [-0.1, -0.05) is 36.7 Å². The number of phenols is 1. The minimum Gasteiger partial charge on any atom is -0.504 e. The predicted molar refractivity (Wildman–Crippen MR) is 114 cm³/mol. The molecule has 0 radical (unpaired) electrons. The predicted octanol–water partition coefficient (Wildman–Crippen LogP) is 6.00. The Morgan fingerprint density at radius 3 is 2.78 bits per heavy atom. The summed E-state index contributed by atoms with van der Waals surface area (Å²) in [6, 6.07) is 5.81. The van der Waals surface area contributed by atoms with Crippen molar-refractivity contribution in [1.29, 1.82) is 5.26 Å². The molecule has 0 spiro atoms. The summed E-state index contributed by atoms with van der Waals surface area (Å²) in [6.07, 6.45) is 4.64. The zero-order valence-electron chi connectivity index (χ0n) is 16.0. The second-order valence-electron chi connectivity index (χ2n) is 7.91. The van der Waals surface area contributed by atoms with Crippen LogP contribution in [0.25, 0.3) is 0 Å². The summed E-state index contributed by atoms with van der Waals surface area (Å²) in [7, 11) is 1.51. The summed E-state index contributed by atoms with van der Waals surface area (Å²) in [4.78, 5) is 5.83. The van der Waals surface area contributed by atoms with Crippen molar-refractivity contribution in [1.82, 2.24) is 0 Å². The maximum Gasteiger partial charge on any atom is 0.166 e. The molecule has 27 heavy (non-hydrogen) atoms. The number of hydrogen-bond donors (Lipinski definition) is 1. The number of rotatable bonds is 3. The number of benzene rings is 1. The van der Waals surface area contributed by atoms with E-state index < -0.39 is 0 Å². The van der Waals surface area contributed by atoms with Crippen molar-refractivity contribution in [2.45, 2.75) is 40.0 Å². The third-order valence-electron chi connectivity index (χ3n) is 5.19. The van der Waals surface area contributed by atoms with Gasteiger partial charge in [0.1, 0.15) is 11.1 Å². The van der Waals surface area contributed by atoms with Gasteiger partial charge in [0.05, 0.1) is 12.7 Å². The highest BCUT2D eigenvalue weighted by Crippen LogP contribution is 2.45. The normalized spacial score (nSPS) is 17.0. The lowest BCUT2D eigenvalue weighted by molar-refractivity contribution is 0.218. The van der Waals surface area contributed by atoms with Gasteiger partial charge in [-0.2, -0.15) is 5.26 Å². The minimum absolute atomic E-state index is 0.0390. The Morgan fingerprint density at radius 2 is 2.15 bits per heavy atom. The van der Waals surface area contributed by atoms with Gasteiger partial charge in [-0.15, -0.1) is 11.3 Å². The van der Waals surface area contributed by atoms with E-state index >= 15 is 0 Å². The number of aromatic hydroxyl groups is 1. The molecule has 0 amide bonds. The molecule has 1 heterocycles. The molecule has 6 heteroatoms. The van der Waals surface area contributed by atoms with Crippen molar-refractivity contribution < 1.29 is 9.84 Å². The van der Waals surface area contributed by atoms with Crippen LogP contribution in [0, 0.1) is 22.7 Å². The van der Waals surface area contributed by atoms with Gasteiger partial charge in [0.15, 0.2) is 11.5 Å². The lowest BCUT2D eigenvalue weighted by atomic mass is 9.72. The van der Waals surface area contributed by atoms with Gasteiger partial charge >= 0.3 is 0 Å². The molecular weight excluding hydrogens is 424 g/mol. The van der Waals surface area contributed by atoms with Gasteiger partial charge in [0.2, 0.25) is 0 Å². The van der Waals surface area contributed by atoms with Crippen LogP contribution in [0.4, 0.5) is 5.00 Å². The molecule has 1 N–H and O–H groups in total. The van der Waals surface area contributed by atoms with Gasteiger partial charge in [-0.05, 0) is 48.3 Å². The molecule has 1 aromatic carbocycles. The molecule has 0 fully saturated rings. The second-order valence-corrected chi connectivity index (χ2v) is 9.90. The van der Waals surface area contributed by atoms with Crippen LogP contribution in [-0.2, 0) is 12.8 Å². The number of aliphatic imine (C=N–C) groups is 1. The topological polar surface area (TPSA) is 65.6 Å². The van der Waals surface area contributed by atoms with E-state index in [4.69, 9.17) is 4.74 Å².